The van der Waals surface area contributed by atoms with Gasteiger partial charge < -0.3 is 14.4 Å². The van der Waals surface area contributed by atoms with Crippen LogP contribution in [0.25, 0.3) is 6.08 Å². The number of carbonyl (C=O) groups is 3. The van der Waals surface area contributed by atoms with Gasteiger partial charge in [0, 0.05) is 24.1 Å². The van der Waals surface area contributed by atoms with Gasteiger partial charge in [-0.3, -0.25) is 9.59 Å². The number of carbonyl (C=O) groups excluding carboxylic acids is 3. The lowest BCUT2D eigenvalue weighted by molar-refractivity contribution is -0.153. The number of benzene rings is 1. The standard InChI is InChI=1S/C20H25NO5S/c1-3-25-20(24)16-10-12-21(13-11-16)18(22)14-26-19(23)9-6-15-4-7-17(27-2)8-5-15/h4-9,16H,3,10-14H2,1-2H3/b9-6+. The molecule has 1 fully saturated rings. The SMILES string of the molecule is CCOC(=O)C1CCN(C(=O)COC(=O)/C=C/c2ccc(SC)cc2)CC1. The molecule has 0 radical (unpaired) electrons. The molecule has 0 unspecified atom stereocenters. The van der Waals surface area contributed by atoms with Crippen LogP contribution < -0.4 is 0 Å². The maximum Gasteiger partial charge on any atom is 0.331 e. The van der Waals surface area contributed by atoms with E-state index in [1.54, 1.807) is 29.7 Å². The summed E-state index contributed by atoms with van der Waals surface area (Å²) in [5.41, 5.74) is 0.886. The van der Waals surface area contributed by atoms with Crippen LogP contribution >= 0.6 is 11.8 Å². The van der Waals surface area contributed by atoms with Gasteiger partial charge in [-0.05, 0) is 49.8 Å². The number of hydrogen-bond donors (Lipinski definition) is 0. The van der Waals surface area contributed by atoms with Gasteiger partial charge in [0.2, 0.25) is 0 Å². The number of hydrogen-bond acceptors (Lipinski definition) is 6. The van der Waals surface area contributed by atoms with Gasteiger partial charge in [-0.1, -0.05) is 12.1 Å². The molecule has 1 aliphatic heterocycles. The average molecular weight is 391 g/mol. The smallest absolute Gasteiger partial charge is 0.331 e. The van der Waals surface area contributed by atoms with Crippen LogP contribution in [0.2, 0.25) is 0 Å². The van der Waals surface area contributed by atoms with Gasteiger partial charge in [0.1, 0.15) is 0 Å². The lowest BCUT2D eigenvalue weighted by Gasteiger charge is -2.30. The van der Waals surface area contributed by atoms with E-state index >= 15 is 0 Å². The molecule has 0 spiro atoms. The molecule has 7 heteroatoms. The number of thioether (sulfide) groups is 1. The van der Waals surface area contributed by atoms with Crippen LogP contribution in [0.4, 0.5) is 0 Å². The van der Waals surface area contributed by atoms with E-state index in [0.717, 1.165) is 10.5 Å². The number of nitrogens with zero attached hydrogens (tertiary/aromatic N) is 1. The maximum atomic E-state index is 12.2. The molecule has 1 saturated heterocycles. The highest BCUT2D eigenvalue weighted by molar-refractivity contribution is 7.98. The summed E-state index contributed by atoms with van der Waals surface area (Å²) in [6, 6.07) is 7.77. The van der Waals surface area contributed by atoms with Gasteiger partial charge in [-0.15, -0.1) is 11.8 Å². The Labute approximate surface area is 163 Å². The van der Waals surface area contributed by atoms with E-state index < -0.39 is 5.97 Å². The molecule has 1 aromatic carbocycles. The lowest BCUT2D eigenvalue weighted by Crippen LogP contribution is -2.42. The van der Waals surface area contributed by atoms with E-state index in [9.17, 15) is 14.4 Å². The summed E-state index contributed by atoms with van der Waals surface area (Å²) < 4.78 is 10.0. The quantitative estimate of drug-likeness (QED) is 0.404. The summed E-state index contributed by atoms with van der Waals surface area (Å²) in [6.07, 6.45) is 6.11. The van der Waals surface area contributed by atoms with E-state index in [-0.39, 0.29) is 24.4 Å². The number of ether oxygens (including phenoxy) is 2. The Morgan fingerprint density at radius 2 is 1.81 bits per heavy atom. The third kappa shape index (κ3) is 6.75. The third-order valence-corrected chi connectivity index (χ3v) is 5.08. The van der Waals surface area contributed by atoms with Gasteiger partial charge in [0.15, 0.2) is 6.61 Å². The Kier molecular flexibility index (Phi) is 8.39. The number of amides is 1. The molecule has 1 heterocycles. The van der Waals surface area contributed by atoms with Crippen molar-refractivity contribution in [2.75, 3.05) is 32.6 Å². The summed E-state index contributed by atoms with van der Waals surface area (Å²) in [6.45, 7) is 2.79. The van der Waals surface area contributed by atoms with E-state index in [1.807, 2.05) is 30.5 Å². The molecule has 146 valence electrons. The molecule has 1 amide bonds. The second-order valence-electron chi connectivity index (χ2n) is 6.12. The molecule has 1 aliphatic rings. The highest BCUT2D eigenvalue weighted by Gasteiger charge is 2.28. The van der Waals surface area contributed by atoms with Gasteiger partial charge in [0.25, 0.3) is 5.91 Å². The molecule has 1 aromatic rings. The van der Waals surface area contributed by atoms with Crippen molar-refractivity contribution >= 4 is 35.7 Å². The molecule has 0 bridgehead atoms. The van der Waals surface area contributed by atoms with Crippen molar-refractivity contribution < 1.29 is 23.9 Å². The molecule has 0 aliphatic carbocycles. The first-order valence-electron chi connectivity index (χ1n) is 8.96. The van der Waals surface area contributed by atoms with Crippen LogP contribution in [0, 0.1) is 5.92 Å². The molecular weight excluding hydrogens is 366 g/mol. The van der Waals surface area contributed by atoms with E-state index in [1.165, 1.54) is 6.08 Å². The second-order valence-corrected chi connectivity index (χ2v) is 7.00. The molecule has 2 rings (SSSR count). The van der Waals surface area contributed by atoms with Crippen molar-refractivity contribution in [2.24, 2.45) is 5.92 Å². The number of rotatable bonds is 7. The summed E-state index contributed by atoms with van der Waals surface area (Å²) in [5, 5.41) is 0. The van der Waals surface area contributed by atoms with Gasteiger partial charge >= 0.3 is 11.9 Å². The van der Waals surface area contributed by atoms with Crippen LogP contribution in [-0.4, -0.2) is 55.3 Å². The fourth-order valence-corrected chi connectivity index (χ4v) is 3.18. The molecule has 0 aromatic heterocycles. The third-order valence-electron chi connectivity index (χ3n) is 4.33. The molecule has 27 heavy (non-hydrogen) atoms. The largest absolute Gasteiger partial charge is 0.466 e. The second kappa shape index (κ2) is 10.8. The highest BCUT2D eigenvalue weighted by Crippen LogP contribution is 2.19. The van der Waals surface area contributed by atoms with Crippen LogP contribution in [0.3, 0.4) is 0 Å². The Hall–Kier alpha value is -2.28. The summed E-state index contributed by atoms with van der Waals surface area (Å²) in [7, 11) is 0. The minimum atomic E-state index is -0.557. The monoisotopic (exact) mass is 391 g/mol. The van der Waals surface area contributed by atoms with E-state index in [2.05, 4.69) is 0 Å². The van der Waals surface area contributed by atoms with Crippen molar-refractivity contribution in [2.45, 2.75) is 24.7 Å². The molecule has 0 N–H and O–H groups in total. The Morgan fingerprint density at radius 3 is 2.41 bits per heavy atom. The Morgan fingerprint density at radius 1 is 1.15 bits per heavy atom. The zero-order valence-electron chi connectivity index (χ0n) is 15.7. The van der Waals surface area contributed by atoms with E-state index in [4.69, 9.17) is 9.47 Å². The van der Waals surface area contributed by atoms with Gasteiger partial charge in [0.05, 0.1) is 12.5 Å². The Balaban J connectivity index is 1.72. The summed E-state index contributed by atoms with van der Waals surface area (Å²) >= 11 is 1.65. The topological polar surface area (TPSA) is 72.9 Å². The molecular formula is C20H25NO5S. The van der Waals surface area contributed by atoms with Crippen LogP contribution in [0.1, 0.15) is 25.3 Å². The predicted molar refractivity (Wildman–Crippen MR) is 104 cm³/mol. The van der Waals surface area contributed by atoms with Crippen LogP contribution in [0.15, 0.2) is 35.2 Å². The van der Waals surface area contributed by atoms with Crippen molar-refractivity contribution in [3.63, 3.8) is 0 Å². The van der Waals surface area contributed by atoms with Crippen molar-refractivity contribution in [1.82, 2.24) is 4.90 Å². The number of piperidine rings is 1. The van der Waals surface area contributed by atoms with Crippen LogP contribution in [-0.2, 0) is 23.9 Å². The fraction of sp³-hybridized carbons (Fsp3) is 0.450. The normalized spacial score (nSPS) is 15.0. The zero-order chi connectivity index (χ0) is 19.6. The number of esters is 2. The lowest BCUT2D eigenvalue weighted by atomic mass is 9.97. The predicted octanol–water partition coefficient (Wildman–Crippen LogP) is 2.77. The van der Waals surface area contributed by atoms with Crippen molar-refractivity contribution in [3.05, 3.63) is 35.9 Å². The first kappa shape index (κ1) is 21.0. The summed E-state index contributed by atoms with van der Waals surface area (Å²) in [4.78, 5) is 38.4. The molecule has 0 saturated carbocycles. The first-order chi connectivity index (χ1) is 13.0. The summed E-state index contributed by atoms with van der Waals surface area (Å²) in [5.74, 6) is -1.16. The minimum Gasteiger partial charge on any atom is -0.466 e. The molecule has 6 nitrogen and oxygen atoms in total. The fourth-order valence-electron chi connectivity index (χ4n) is 2.78. The minimum absolute atomic E-state index is 0.156. The zero-order valence-corrected chi connectivity index (χ0v) is 16.5. The van der Waals surface area contributed by atoms with Crippen molar-refractivity contribution in [1.29, 1.82) is 0 Å². The van der Waals surface area contributed by atoms with Gasteiger partial charge in [-0.2, -0.15) is 0 Å². The highest BCUT2D eigenvalue weighted by atomic mass is 32.2. The van der Waals surface area contributed by atoms with Gasteiger partial charge in [-0.25, -0.2) is 4.79 Å². The number of likely N-dealkylation sites (tertiary alicyclic amines) is 1. The first-order valence-corrected chi connectivity index (χ1v) is 10.2. The molecule has 0 atom stereocenters. The van der Waals surface area contributed by atoms with Crippen molar-refractivity contribution in [3.8, 4) is 0 Å². The Bertz CT molecular complexity index is 678. The van der Waals surface area contributed by atoms with Crippen LogP contribution in [0.5, 0.6) is 0 Å². The average Bonchev–Trinajstić information content (AvgIpc) is 2.71. The maximum absolute atomic E-state index is 12.2. The van der Waals surface area contributed by atoms with E-state index in [0.29, 0.717) is 32.5 Å².